The van der Waals surface area contributed by atoms with Crippen LogP contribution < -0.4 is 5.69 Å². The number of rotatable bonds is 2. The molecule has 0 bridgehead atoms. The Labute approximate surface area is 67.9 Å². The van der Waals surface area contributed by atoms with Gasteiger partial charge in [0.2, 0.25) is 0 Å². The summed E-state index contributed by atoms with van der Waals surface area (Å²) in [5.41, 5.74) is 0.172. The van der Waals surface area contributed by atoms with Gasteiger partial charge in [-0.2, -0.15) is 0 Å². The Kier molecular flexibility index (Phi) is 2.62. The van der Waals surface area contributed by atoms with Gasteiger partial charge in [-0.1, -0.05) is 11.6 Å². The summed E-state index contributed by atoms with van der Waals surface area (Å²) in [4.78, 5) is 16.3. The number of nitrogens with one attached hydrogen (secondary N) is 1. The maximum absolute atomic E-state index is 10.5. The molecule has 0 aliphatic heterocycles. The Morgan fingerprint density at radius 1 is 1.73 bits per heavy atom. The predicted octanol–water partition coefficient (Wildman–Crippen LogP) is -0.0419. The van der Waals surface area contributed by atoms with Crippen LogP contribution in [0.3, 0.4) is 0 Å². The zero-order valence-corrected chi connectivity index (χ0v) is 6.43. The van der Waals surface area contributed by atoms with Crippen LogP contribution in [0.1, 0.15) is 5.56 Å². The molecule has 2 N–H and O–H groups in total. The topological polar surface area (TPSA) is 66.0 Å². The van der Waals surface area contributed by atoms with E-state index in [0.717, 1.165) is 0 Å². The van der Waals surface area contributed by atoms with E-state index in [-0.39, 0.29) is 11.8 Å². The Balaban J connectivity index is 2.99. The third-order valence-corrected chi connectivity index (χ3v) is 1.55. The number of aliphatic hydroxyl groups excluding tert-OH is 1. The van der Waals surface area contributed by atoms with E-state index in [9.17, 15) is 4.79 Å². The van der Waals surface area contributed by atoms with E-state index in [1.807, 2.05) is 0 Å². The van der Waals surface area contributed by atoms with Crippen LogP contribution in [0, 0.1) is 0 Å². The van der Waals surface area contributed by atoms with Crippen molar-refractivity contribution in [3.8, 4) is 0 Å². The number of aromatic amines is 1. The molecule has 0 amide bonds. The number of hydrogen-bond acceptors (Lipinski definition) is 3. The van der Waals surface area contributed by atoms with Crippen LogP contribution in [0.5, 0.6) is 0 Å². The van der Waals surface area contributed by atoms with Crippen LogP contribution in [0.25, 0.3) is 0 Å². The molecule has 0 aliphatic rings. The Morgan fingerprint density at radius 3 is 3.00 bits per heavy atom. The fraction of sp³-hybridized carbons (Fsp3) is 0.333. The molecule has 0 unspecified atom stereocenters. The quantitative estimate of drug-likeness (QED) is 0.619. The molecule has 0 atom stereocenters. The van der Waals surface area contributed by atoms with Gasteiger partial charge in [0.1, 0.15) is 5.15 Å². The first-order valence-corrected chi connectivity index (χ1v) is 3.46. The van der Waals surface area contributed by atoms with Gasteiger partial charge in [0.25, 0.3) is 0 Å². The molecule has 0 aromatic carbocycles. The lowest BCUT2D eigenvalue weighted by atomic mass is 10.2. The lowest BCUT2D eigenvalue weighted by Gasteiger charge is -1.97. The van der Waals surface area contributed by atoms with Crippen molar-refractivity contribution in [1.29, 1.82) is 0 Å². The molecular weight excluding hydrogens is 168 g/mol. The molecular formula is C6H7ClN2O2. The minimum absolute atomic E-state index is 0.00650. The van der Waals surface area contributed by atoms with Gasteiger partial charge in [0.05, 0.1) is 0 Å². The number of H-pyrrole nitrogens is 1. The van der Waals surface area contributed by atoms with Crippen molar-refractivity contribution in [2.45, 2.75) is 6.42 Å². The summed E-state index contributed by atoms with van der Waals surface area (Å²) in [6, 6.07) is 0. The highest BCUT2D eigenvalue weighted by Gasteiger charge is 1.99. The smallest absolute Gasteiger partial charge is 0.346 e. The van der Waals surface area contributed by atoms with Gasteiger partial charge < -0.3 is 5.11 Å². The lowest BCUT2D eigenvalue weighted by Crippen LogP contribution is -2.11. The first-order chi connectivity index (χ1) is 5.24. The van der Waals surface area contributed by atoms with Crippen LogP contribution in [0.2, 0.25) is 5.15 Å². The normalized spacial score (nSPS) is 10.0. The predicted molar refractivity (Wildman–Crippen MR) is 40.7 cm³/mol. The Hall–Kier alpha value is -0.870. The molecule has 0 radical (unpaired) electrons. The molecule has 0 saturated carbocycles. The molecule has 0 spiro atoms. The van der Waals surface area contributed by atoms with Gasteiger partial charge >= 0.3 is 5.69 Å². The largest absolute Gasteiger partial charge is 0.396 e. The molecule has 5 heteroatoms. The van der Waals surface area contributed by atoms with Crippen LogP contribution in [-0.2, 0) is 6.42 Å². The molecule has 1 rings (SSSR count). The zero-order valence-electron chi connectivity index (χ0n) is 5.67. The molecule has 1 aromatic rings. The second-order valence-electron chi connectivity index (χ2n) is 2.00. The highest BCUT2D eigenvalue weighted by Crippen LogP contribution is 2.08. The summed E-state index contributed by atoms with van der Waals surface area (Å²) >= 11 is 5.60. The third kappa shape index (κ3) is 2.03. The molecule has 11 heavy (non-hydrogen) atoms. The summed E-state index contributed by atoms with van der Waals surface area (Å²) in [6.07, 6.45) is 1.76. The Morgan fingerprint density at radius 2 is 2.45 bits per heavy atom. The molecule has 0 aliphatic carbocycles. The maximum atomic E-state index is 10.5. The van der Waals surface area contributed by atoms with Gasteiger partial charge in [-0.25, -0.2) is 9.78 Å². The average Bonchev–Trinajstić information content (AvgIpc) is 1.95. The highest BCUT2D eigenvalue weighted by atomic mass is 35.5. The van der Waals surface area contributed by atoms with E-state index in [2.05, 4.69) is 9.97 Å². The van der Waals surface area contributed by atoms with Crippen LogP contribution in [-0.4, -0.2) is 21.7 Å². The summed E-state index contributed by atoms with van der Waals surface area (Å²) in [5, 5.41) is 8.78. The molecule has 4 nitrogen and oxygen atoms in total. The maximum Gasteiger partial charge on any atom is 0.346 e. The van der Waals surface area contributed by atoms with Crippen molar-refractivity contribution in [2.75, 3.05) is 6.61 Å². The van der Waals surface area contributed by atoms with Gasteiger partial charge in [-0.15, -0.1) is 0 Å². The third-order valence-electron chi connectivity index (χ3n) is 1.22. The number of aromatic nitrogens is 2. The standard InChI is InChI=1S/C6H7ClN2O2/c7-5-4(1-2-10)3-8-6(11)9-5/h3,10H,1-2H2,(H,8,9,11). The zero-order chi connectivity index (χ0) is 8.27. The van der Waals surface area contributed by atoms with Crippen molar-refractivity contribution in [1.82, 2.24) is 9.97 Å². The van der Waals surface area contributed by atoms with E-state index >= 15 is 0 Å². The Bertz CT molecular complexity index is 297. The number of halogens is 1. The summed E-state index contributed by atoms with van der Waals surface area (Å²) < 4.78 is 0. The summed E-state index contributed by atoms with van der Waals surface area (Å²) in [5.74, 6) is 0. The second kappa shape index (κ2) is 3.50. The molecule has 1 heterocycles. The van der Waals surface area contributed by atoms with Crippen molar-refractivity contribution in [3.05, 3.63) is 27.4 Å². The lowest BCUT2D eigenvalue weighted by molar-refractivity contribution is 0.299. The average molecular weight is 175 g/mol. The fourth-order valence-electron chi connectivity index (χ4n) is 0.694. The highest BCUT2D eigenvalue weighted by molar-refractivity contribution is 6.30. The van der Waals surface area contributed by atoms with Gasteiger partial charge in [-0.3, -0.25) is 4.98 Å². The summed E-state index contributed by atoms with van der Waals surface area (Å²) in [7, 11) is 0. The van der Waals surface area contributed by atoms with Crippen LogP contribution in [0.4, 0.5) is 0 Å². The fourth-order valence-corrected chi connectivity index (χ4v) is 0.919. The van der Waals surface area contributed by atoms with E-state index in [1.165, 1.54) is 6.20 Å². The number of aliphatic hydroxyl groups is 1. The first kappa shape index (κ1) is 8.23. The monoisotopic (exact) mass is 174 g/mol. The van der Waals surface area contributed by atoms with Gasteiger partial charge in [-0.05, 0) is 6.42 Å². The molecule has 0 saturated heterocycles. The van der Waals surface area contributed by atoms with E-state index in [0.29, 0.717) is 12.0 Å². The van der Waals surface area contributed by atoms with Gasteiger partial charge in [0, 0.05) is 18.4 Å². The number of hydrogen-bond donors (Lipinski definition) is 2. The number of nitrogens with zero attached hydrogens (tertiary/aromatic N) is 1. The first-order valence-electron chi connectivity index (χ1n) is 3.08. The van der Waals surface area contributed by atoms with Crippen LogP contribution in [0.15, 0.2) is 11.0 Å². The van der Waals surface area contributed by atoms with Crippen molar-refractivity contribution < 1.29 is 5.11 Å². The summed E-state index contributed by atoms with van der Waals surface area (Å²) in [6.45, 7) is -0.00650. The van der Waals surface area contributed by atoms with E-state index in [4.69, 9.17) is 16.7 Å². The molecule has 60 valence electrons. The van der Waals surface area contributed by atoms with E-state index in [1.54, 1.807) is 0 Å². The second-order valence-corrected chi connectivity index (χ2v) is 2.38. The molecule has 0 fully saturated rings. The van der Waals surface area contributed by atoms with Crippen molar-refractivity contribution in [3.63, 3.8) is 0 Å². The minimum atomic E-state index is -0.475. The van der Waals surface area contributed by atoms with E-state index < -0.39 is 5.69 Å². The van der Waals surface area contributed by atoms with Crippen LogP contribution >= 0.6 is 11.6 Å². The minimum Gasteiger partial charge on any atom is -0.396 e. The van der Waals surface area contributed by atoms with Crippen molar-refractivity contribution >= 4 is 11.6 Å². The van der Waals surface area contributed by atoms with Gasteiger partial charge in [0.15, 0.2) is 0 Å². The van der Waals surface area contributed by atoms with Crippen molar-refractivity contribution in [2.24, 2.45) is 0 Å². The molecule has 1 aromatic heterocycles. The SMILES string of the molecule is O=c1ncc(CCO)c(Cl)[nH]1.